The van der Waals surface area contributed by atoms with Crippen LogP contribution in [0.25, 0.3) is 0 Å². The van der Waals surface area contributed by atoms with E-state index in [0.29, 0.717) is 13.1 Å². The van der Waals surface area contributed by atoms with Gasteiger partial charge in [-0.15, -0.1) is 0 Å². The summed E-state index contributed by atoms with van der Waals surface area (Å²) in [6, 6.07) is 6.14. The van der Waals surface area contributed by atoms with Crippen LogP contribution in [0.4, 0.5) is 13.2 Å². The molecular weight excluding hydrogens is 361 g/mol. The molecule has 0 spiro atoms. The normalized spacial score (nSPS) is 26.8. The number of rotatable bonds is 2. The number of nitrogens with zero attached hydrogens (tertiary/aromatic N) is 2. The topological polar surface area (TPSA) is 49.9 Å². The van der Waals surface area contributed by atoms with Crippen molar-refractivity contribution in [2.75, 3.05) is 39.8 Å². The van der Waals surface area contributed by atoms with Gasteiger partial charge in [0.2, 0.25) is 11.5 Å². The molecule has 2 aliphatic heterocycles. The van der Waals surface area contributed by atoms with Crippen LogP contribution in [0.3, 0.4) is 0 Å². The molecule has 0 N–H and O–H groups in total. The number of likely N-dealkylation sites (N-methyl/N-ethyl adjacent to an activating group) is 1. The van der Waals surface area contributed by atoms with E-state index in [1.807, 2.05) is 11.9 Å². The summed E-state index contributed by atoms with van der Waals surface area (Å²) in [6.07, 6.45) is -6.17. The average Bonchev–Trinajstić information content (AvgIpc) is 3.02. The van der Waals surface area contributed by atoms with Crippen molar-refractivity contribution >= 4 is 11.6 Å². The number of halogens is 3. The molecule has 1 fully saturated rings. The minimum Gasteiger partial charge on any atom is -0.476 e. The number of carbonyl (C=O) groups is 2. The van der Waals surface area contributed by atoms with E-state index in [1.54, 1.807) is 12.1 Å². The highest BCUT2D eigenvalue weighted by Crippen LogP contribution is 2.45. The van der Waals surface area contributed by atoms with Gasteiger partial charge < -0.3 is 9.64 Å². The molecule has 0 radical (unpaired) electrons. The Morgan fingerprint density at radius 2 is 1.63 bits per heavy atom. The first kappa shape index (κ1) is 18.2. The number of hydrogen-bond donors (Lipinski definition) is 0. The lowest BCUT2D eigenvalue weighted by molar-refractivity contribution is -0.132. The number of ether oxygens (including phenoxy) is 1. The van der Waals surface area contributed by atoms with E-state index in [-0.39, 0.29) is 23.2 Å². The third kappa shape index (κ3) is 3.06. The molecule has 4 rings (SSSR count). The van der Waals surface area contributed by atoms with Gasteiger partial charge in [0.25, 0.3) is 0 Å². The van der Waals surface area contributed by atoms with E-state index in [9.17, 15) is 22.8 Å². The van der Waals surface area contributed by atoms with Crippen molar-refractivity contribution in [3.05, 3.63) is 46.7 Å². The maximum absolute atomic E-state index is 13.6. The lowest BCUT2D eigenvalue weighted by Crippen LogP contribution is -2.47. The predicted molar refractivity (Wildman–Crippen MR) is 90.5 cm³/mol. The lowest BCUT2D eigenvalue weighted by Gasteiger charge is -2.34. The Balaban J connectivity index is 1.72. The van der Waals surface area contributed by atoms with Gasteiger partial charge >= 0.3 is 6.18 Å². The van der Waals surface area contributed by atoms with E-state index in [0.717, 1.165) is 13.1 Å². The molecule has 0 aromatic heterocycles. The van der Waals surface area contributed by atoms with Crippen LogP contribution in [0, 0.1) is 5.92 Å². The van der Waals surface area contributed by atoms with Crippen molar-refractivity contribution in [2.45, 2.75) is 12.3 Å². The third-order valence-corrected chi connectivity index (χ3v) is 5.46. The Kier molecular flexibility index (Phi) is 4.35. The smallest absolute Gasteiger partial charge is 0.448 e. The Bertz CT molecular complexity index is 826. The van der Waals surface area contributed by atoms with Crippen LogP contribution < -0.4 is 0 Å². The molecule has 0 saturated carbocycles. The summed E-state index contributed by atoms with van der Waals surface area (Å²) in [5, 5.41) is 0. The van der Waals surface area contributed by atoms with Gasteiger partial charge in [0.1, 0.15) is 0 Å². The molecule has 1 aromatic rings. The maximum Gasteiger partial charge on any atom is 0.448 e. The van der Waals surface area contributed by atoms with E-state index in [1.165, 1.54) is 12.1 Å². The monoisotopic (exact) mass is 380 g/mol. The van der Waals surface area contributed by atoms with E-state index in [4.69, 9.17) is 4.74 Å². The third-order valence-electron chi connectivity index (χ3n) is 5.46. The molecule has 2 atom stereocenters. The summed E-state index contributed by atoms with van der Waals surface area (Å²) in [6.45, 7) is 2.64. The SMILES string of the molecule is CN1CCN(CC2=C(C(F)(F)F)OC3C(=O)c4ccccc4C(=O)C23)CC1. The molecule has 144 valence electrons. The minimum absolute atomic E-state index is 0.0228. The molecule has 27 heavy (non-hydrogen) atoms. The van der Waals surface area contributed by atoms with Crippen molar-refractivity contribution in [3.8, 4) is 0 Å². The highest BCUT2D eigenvalue weighted by atomic mass is 19.4. The van der Waals surface area contributed by atoms with Crippen molar-refractivity contribution in [2.24, 2.45) is 5.92 Å². The van der Waals surface area contributed by atoms with Crippen molar-refractivity contribution in [3.63, 3.8) is 0 Å². The van der Waals surface area contributed by atoms with Crippen LogP contribution in [0.2, 0.25) is 0 Å². The van der Waals surface area contributed by atoms with Gasteiger partial charge in [-0.2, -0.15) is 13.2 Å². The minimum atomic E-state index is -4.74. The molecule has 3 aliphatic rings. The Morgan fingerprint density at radius 1 is 1.04 bits per heavy atom. The summed E-state index contributed by atoms with van der Waals surface area (Å²) in [7, 11) is 1.95. The summed E-state index contributed by atoms with van der Waals surface area (Å²) in [5.41, 5.74) is 0.183. The molecule has 2 heterocycles. The van der Waals surface area contributed by atoms with Crippen molar-refractivity contribution in [1.82, 2.24) is 9.80 Å². The van der Waals surface area contributed by atoms with Crippen LogP contribution in [-0.2, 0) is 4.74 Å². The highest BCUT2D eigenvalue weighted by Gasteiger charge is 2.56. The van der Waals surface area contributed by atoms with Gasteiger partial charge in [0.05, 0.1) is 5.92 Å². The summed E-state index contributed by atoms with van der Waals surface area (Å²) in [4.78, 5) is 29.6. The summed E-state index contributed by atoms with van der Waals surface area (Å²) < 4.78 is 45.9. The van der Waals surface area contributed by atoms with Gasteiger partial charge in [-0.25, -0.2) is 0 Å². The second-order valence-electron chi connectivity index (χ2n) is 7.22. The summed E-state index contributed by atoms with van der Waals surface area (Å²) >= 11 is 0. The number of ketones is 2. The first-order valence-corrected chi connectivity index (χ1v) is 8.82. The Hall–Kier alpha value is -2.19. The number of fused-ring (bicyclic) bond motifs is 2. The second-order valence-corrected chi connectivity index (χ2v) is 7.22. The highest BCUT2D eigenvalue weighted by molar-refractivity contribution is 6.18. The Morgan fingerprint density at radius 3 is 2.22 bits per heavy atom. The van der Waals surface area contributed by atoms with Gasteiger partial charge in [0.15, 0.2) is 11.9 Å². The molecule has 1 aliphatic carbocycles. The van der Waals surface area contributed by atoms with Crippen LogP contribution in [0.15, 0.2) is 35.6 Å². The number of hydrogen-bond acceptors (Lipinski definition) is 5. The van der Waals surface area contributed by atoms with Crippen LogP contribution >= 0.6 is 0 Å². The van der Waals surface area contributed by atoms with Crippen molar-refractivity contribution in [1.29, 1.82) is 0 Å². The number of Topliss-reactive ketones (excluding diaryl/α,β-unsaturated/α-hetero) is 2. The quantitative estimate of drug-likeness (QED) is 0.787. The first-order valence-electron chi connectivity index (χ1n) is 8.82. The molecule has 0 bridgehead atoms. The first-order chi connectivity index (χ1) is 12.8. The lowest BCUT2D eigenvalue weighted by atomic mass is 9.77. The Labute approximate surface area is 154 Å². The van der Waals surface area contributed by atoms with Crippen LogP contribution in [0.5, 0.6) is 0 Å². The fraction of sp³-hybridized carbons (Fsp3) is 0.474. The zero-order valence-electron chi connectivity index (χ0n) is 14.8. The molecule has 5 nitrogen and oxygen atoms in total. The molecule has 1 saturated heterocycles. The van der Waals surface area contributed by atoms with Gasteiger partial charge in [-0.3, -0.25) is 14.5 Å². The van der Waals surface area contributed by atoms with Gasteiger partial charge in [0, 0.05) is 49.4 Å². The van der Waals surface area contributed by atoms with Crippen LogP contribution in [-0.4, -0.2) is 73.4 Å². The molecule has 8 heteroatoms. The fourth-order valence-electron chi connectivity index (χ4n) is 3.99. The zero-order chi connectivity index (χ0) is 19.3. The van der Waals surface area contributed by atoms with Crippen molar-refractivity contribution < 1.29 is 27.5 Å². The predicted octanol–water partition coefficient (Wildman–Crippen LogP) is 2.14. The second kappa shape index (κ2) is 6.45. The van der Waals surface area contributed by atoms with Gasteiger partial charge in [-0.1, -0.05) is 24.3 Å². The number of carbonyl (C=O) groups excluding carboxylic acids is 2. The number of allylic oxidation sites excluding steroid dienone is 1. The van der Waals surface area contributed by atoms with Gasteiger partial charge in [-0.05, 0) is 7.05 Å². The van der Waals surface area contributed by atoms with E-state index < -0.39 is 35.5 Å². The molecule has 2 unspecified atom stereocenters. The molecule has 1 aromatic carbocycles. The van der Waals surface area contributed by atoms with E-state index in [2.05, 4.69) is 4.90 Å². The standard InChI is InChI=1S/C19H19F3N2O3/c1-23-6-8-24(9-7-23)10-13-14-15(25)11-4-2-3-5-12(11)16(26)17(14)27-18(13)19(20,21)22/h2-5,14,17H,6-10H2,1H3. The number of alkyl halides is 3. The average molecular weight is 380 g/mol. The zero-order valence-corrected chi connectivity index (χ0v) is 14.8. The van der Waals surface area contributed by atoms with E-state index >= 15 is 0 Å². The van der Waals surface area contributed by atoms with Crippen LogP contribution in [0.1, 0.15) is 20.7 Å². The molecule has 0 amide bonds. The fourth-order valence-corrected chi connectivity index (χ4v) is 3.99. The number of piperazine rings is 1. The number of benzene rings is 1. The largest absolute Gasteiger partial charge is 0.476 e. The molecular formula is C19H19F3N2O3. The summed E-state index contributed by atoms with van der Waals surface area (Å²) in [5.74, 6) is -3.42. The maximum atomic E-state index is 13.6.